The number of H-pyrrole nitrogens is 1. The second-order valence-electron chi connectivity index (χ2n) is 4.16. The zero-order valence-corrected chi connectivity index (χ0v) is 12.3. The summed E-state index contributed by atoms with van der Waals surface area (Å²) in [6, 6.07) is 7.73. The quantitative estimate of drug-likeness (QED) is 0.724. The fraction of sp³-hybridized carbons (Fsp3) is 0.154. The minimum Gasteiger partial charge on any atom is -0.365 e. The maximum Gasteiger partial charge on any atom is 0.161 e. The van der Waals surface area contributed by atoms with Crippen molar-refractivity contribution in [2.45, 2.75) is 11.6 Å². The van der Waals surface area contributed by atoms with Gasteiger partial charge in [0.15, 0.2) is 5.65 Å². The minimum absolute atomic E-state index is 0.645. The molecule has 0 saturated heterocycles. The van der Waals surface area contributed by atoms with Crippen LogP contribution < -0.4 is 5.32 Å². The fourth-order valence-electron chi connectivity index (χ4n) is 1.95. The number of nitrogens with zero attached hydrogens (tertiary/aromatic N) is 3. The third kappa shape index (κ3) is 2.57. The van der Waals surface area contributed by atoms with Gasteiger partial charge in [0.1, 0.15) is 17.2 Å². The van der Waals surface area contributed by atoms with E-state index in [4.69, 9.17) is 11.6 Å². The first-order valence-electron chi connectivity index (χ1n) is 5.99. The Morgan fingerprint density at radius 3 is 3.05 bits per heavy atom. The maximum atomic E-state index is 5.98. The van der Waals surface area contributed by atoms with Gasteiger partial charge in [-0.05, 0) is 24.0 Å². The van der Waals surface area contributed by atoms with Crippen LogP contribution in [0.15, 0.2) is 35.6 Å². The first kappa shape index (κ1) is 13.2. The van der Waals surface area contributed by atoms with Gasteiger partial charge in [0.05, 0.1) is 5.39 Å². The minimum atomic E-state index is 0.645. The third-order valence-corrected chi connectivity index (χ3v) is 3.78. The molecule has 102 valence electrons. The molecule has 1 aromatic carbocycles. The lowest BCUT2D eigenvalue weighted by Crippen LogP contribution is -2.02. The molecule has 2 aromatic heterocycles. The van der Waals surface area contributed by atoms with Crippen molar-refractivity contribution >= 4 is 40.2 Å². The smallest absolute Gasteiger partial charge is 0.161 e. The molecule has 0 saturated carbocycles. The Hall–Kier alpha value is -1.79. The predicted octanol–water partition coefficient (Wildman–Crippen LogP) is 3.34. The zero-order chi connectivity index (χ0) is 13.9. The van der Waals surface area contributed by atoms with Crippen molar-refractivity contribution in [3.05, 3.63) is 41.2 Å². The fourth-order valence-corrected chi connectivity index (χ4v) is 2.69. The number of benzene rings is 1. The Morgan fingerprint density at radius 1 is 1.35 bits per heavy atom. The van der Waals surface area contributed by atoms with Gasteiger partial charge in [-0.3, -0.25) is 5.10 Å². The summed E-state index contributed by atoms with van der Waals surface area (Å²) in [7, 11) is 0. The normalized spacial score (nSPS) is 10.9. The first-order chi connectivity index (χ1) is 9.78. The molecule has 0 bridgehead atoms. The molecule has 0 radical (unpaired) electrons. The largest absolute Gasteiger partial charge is 0.365 e. The first-order valence-corrected chi connectivity index (χ1v) is 7.59. The zero-order valence-electron chi connectivity index (χ0n) is 10.7. The number of halogens is 1. The molecule has 0 aliphatic heterocycles. The van der Waals surface area contributed by atoms with Gasteiger partial charge in [-0.25, -0.2) is 9.97 Å². The van der Waals surface area contributed by atoms with Crippen molar-refractivity contribution in [2.75, 3.05) is 11.6 Å². The second-order valence-corrected chi connectivity index (χ2v) is 5.39. The highest BCUT2D eigenvalue weighted by molar-refractivity contribution is 7.98. The standard InChI is InChI=1S/C13H12ClN5S/c1-20-13-10-11(16-7-17-12(10)18-19-13)15-6-8-3-2-4-9(14)5-8/h2-5,7H,6H2,1H3,(H2,15,16,17,18,19). The van der Waals surface area contributed by atoms with Crippen molar-refractivity contribution in [2.24, 2.45) is 0 Å². The van der Waals surface area contributed by atoms with E-state index in [0.29, 0.717) is 6.54 Å². The van der Waals surface area contributed by atoms with Gasteiger partial charge in [-0.2, -0.15) is 5.10 Å². The van der Waals surface area contributed by atoms with Crippen LogP contribution in [0.25, 0.3) is 11.0 Å². The van der Waals surface area contributed by atoms with Gasteiger partial charge in [0.2, 0.25) is 0 Å². The van der Waals surface area contributed by atoms with Crippen LogP contribution in [-0.2, 0) is 6.54 Å². The SMILES string of the molecule is CSc1n[nH]c2ncnc(NCc3cccc(Cl)c3)c12. The lowest BCUT2D eigenvalue weighted by molar-refractivity contribution is 1.02. The molecule has 2 heterocycles. The molecule has 0 atom stereocenters. The highest BCUT2D eigenvalue weighted by atomic mass is 35.5. The number of hydrogen-bond donors (Lipinski definition) is 2. The number of fused-ring (bicyclic) bond motifs is 1. The summed E-state index contributed by atoms with van der Waals surface area (Å²) in [5.41, 5.74) is 1.83. The highest BCUT2D eigenvalue weighted by Crippen LogP contribution is 2.27. The van der Waals surface area contributed by atoms with E-state index in [1.807, 2.05) is 30.5 Å². The summed E-state index contributed by atoms with van der Waals surface area (Å²) in [5.74, 6) is 0.771. The van der Waals surface area contributed by atoms with E-state index in [9.17, 15) is 0 Å². The number of nitrogens with one attached hydrogen (secondary N) is 2. The Balaban J connectivity index is 1.89. The summed E-state index contributed by atoms with van der Waals surface area (Å²) >= 11 is 7.54. The molecular formula is C13H12ClN5S. The monoisotopic (exact) mass is 305 g/mol. The van der Waals surface area contributed by atoms with Crippen molar-refractivity contribution in [3.8, 4) is 0 Å². The molecular weight excluding hydrogens is 294 g/mol. The third-order valence-electron chi connectivity index (χ3n) is 2.87. The van der Waals surface area contributed by atoms with Crippen LogP contribution >= 0.6 is 23.4 Å². The number of anilines is 1. The number of rotatable bonds is 4. The summed E-state index contributed by atoms with van der Waals surface area (Å²) in [5, 5.41) is 13.0. The van der Waals surface area contributed by atoms with Gasteiger partial charge in [-0.15, -0.1) is 11.8 Å². The molecule has 0 spiro atoms. The maximum absolute atomic E-state index is 5.98. The van der Waals surface area contributed by atoms with E-state index >= 15 is 0 Å². The molecule has 20 heavy (non-hydrogen) atoms. The Labute approximate surface area is 125 Å². The molecule has 5 nitrogen and oxygen atoms in total. The number of thioether (sulfide) groups is 1. The Bertz CT molecular complexity index is 742. The molecule has 0 aliphatic carbocycles. The van der Waals surface area contributed by atoms with Crippen LogP contribution in [-0.4, -0.2) is 26.4 Å². The van der Waals surface area contributed by atoms with E-state index in [1.165, 1.54) is 6.33 Å². The van der Waals surface area contributed by atoms with Crippen molar-refractivity contribution < 1.29 is 0 Å². The lowest BCUT2D eigenvalue weighted by atomic mass is 10.2. The topological polar surface area (TPSA) is 66.5 Å². The molecule has 0 aliphatic rings. The second kappa shape index (κ2) is 5.68. The Morgan fingerprint density at radius 2 is 2.25 bits per heavy atom. The Kier molecular flexibility index (Phi) is 3.75. The van der Waals surface area contributed by atoms with E-state index in [-0.39, 0.29) is 0 Å². The van der Waals surface area contributed by atoms with Crippen molar-refractivity contribution in [1.29, 1.82) is 0 Å². The summed E-state index contributed by atoms with van der Waals surface area (Å²) in [6.07, 6.45) is 3.49. The number of aromatic nitrogens is 4. The van der Waals surface area contributed by atoms with E-state index in [0.717, 1.165) is 32.5 Å². The van der Waals surface area contributed by atoms with E-state index in [1.54, 1.807) is 11.8 Å². The molecule has 0 amide bonds. The predicted molar refractivity (Wildman–Crippen MR) is 82.2 cm³/mol. The van der Waals surface area contributed by atoms with Crippen LogP contribution in [0.4, 0.5) is 5.82 Å². The summed E-state index contributed by atoms with van der Waals surface area (Å²) in [4.78, 5) is 8.47. The molecule has 3 rings (SSSR count). The average Bonchev–Trinajstić information content (AvgIpc) is 2.89. The molecule has 3 aromatic rings. The van der Waals surface area contributed by atoms with Gasteiger partial charge in [-0.1, -0.05) is 23.7 Å². The van der Waals surface area contributed by atoms with Crippen molar-refractivity contribution in [3.63, 3.8) is 0 Å². The van der Waals surface area contributed by atoms with E-state index in [2.05, 4.69) is 25.5 Å². The van der Waals surface area contributed by atoms with Gasteiger partial charge in [0, 0.05) is 11.6 Å². The number of aromatic amines is 1. The average molecular weight is 306 g/mol. The summed E-state index contributed by atoms with van der Waals surface area (Å²) < 4.78 is 0. The van der Waals surface area contributed by atoms with Crippen molar-refractivity contribution in [1.82, 2.24) is 20.2 Å². The molecule has 0 fully saturated rings. The van der Waals surface area contributed by atoms with Gasteiger partial charge in [0.25, 0.3) is 0 Å². The molecule has 2 N–H and O–H groups in total. The van der Waals surface area contributed by atoms with Crippen LogP contribution in [0, 0.1) is 0 Å². The highest BCUT2D eigenvalue weighted by Gasteiger charge is 2.11. The molecule has 0 unspecified atom stereocenters. The summed E-state index contributed by atoms with van der Waals surface area (Å²) in [6.45, 7) is 0.645. The van der Waals surface area contributed by atoms with Gasteiger partial charge < -0.3 is 5.32 Å². The van der Waals surface area contributed by atoms with Crippen LogP contribution in [0.1, 0.15) is 5.56 Å². The van der Waals surface area contributed by atoms with Gasteiger partial charge >= 0.3 is 0 Å². The van der Waals surface area contributed by atoms with E-state index < -0.39 is 0 Å². The number of hydrogen-bond acceptors (Lipinski definition) is 5. The van der Waals surface area contributed by atoms with Crippen LogP contribution in [0.2, 0.25) is 5.02 Å². The van der Waals surface area contributed by atoms with Crippen LogP contribution in [0.3, 0.4) is 0 Å². The van der Waals surface area contributed by atoms with Crippen LogP contribution in [0.5, 0.6) is 0 Å². The lowest BCUT2D eigenvalue weighted by Gasteiger charge is -2.07. The molecule has 7 heteroatoms.